The van der Waals surface area contributed by atoms with E-state index in [0.717, 1.165) is 0 Å². The van der Waals surface area contributed by atoms with Crippen molar-refractivity contribution < 1.29 is 16.8 Å². The van der Waals surface area contributed by atoms with Gasteiger partial charge in [0.1, 0.15) is 0 Å². The molecule has 0 bridgehead atoms. The van der Waals surface area contributed by atoms with E-state index < -0.39 is 30.4 Å². The van der Waals surface area contributed by atoms with E-state index in [1.807, 2.05) is 0 Å². The lowest BCUT2D eigenvalue weighted by Crippen LogP contribution is -2.38. The molecule has 1 aromatic carbocycles. The Kier molecular flexibility index (Phi) is 3.48. The second-order valence-electron chi connectivity index (χ2n) is 4.50. The van der Waals surface area contributed by atoms with E-state index in [9.17, 15) is 16.8 Å². The van der Waals surface area contributed by atoms with Gasteiger partial charge in [-0.05, 0) is 18.4 Å². The second-order valence-corrected chi connectivity index (χ2v) is 8.65. The van der Waals surface area contributed by atoms with E-state index in [2.05, 4.69) is 0 Å². The molecule has 0 amide bonds. The van der Waals surface area contributed by atoms with Gasteiger partial charge >= 0.3 is 0 Å². The van der Waals surface area contributed by atoms with Crippen LogP contribution in [0.4, 0.5) is 0 Å². The normalized spacial score (nSPS) is 27.8. The molecule has 0 radical (unpaired) electrons. The first kappa shape index (κ1) is 13.5. The van der Waals surface area contributed by atoms with Gasteiger partial charge in [0.25, 0.3) is 0 Å². The third kappa shape index (κ3) is 2.73. The maximum atomic E-state index is 12.0. The van der Waals surface area contributed by atoms with Gasteiger partial charge in [-0.15, -0.1) is 0 Å². The van der Waals surface area contributed by atoms with E-state index in [0.29, 0.717) is 5.56 Å². The summed E-state index contributed by atoms with van der Waals surface area (Å²) in [6.45, 7) is 0. The highest BCUT2D eigenvalue weighted by molar-refractivity contribution is 7.92. The lowest BCUT2D eigenvalue weighted by molar-refractivity contribution is 0.528. The number of benzene rings is 1. The molecule has 0 aliphatic carbocycles. The summed E-state index contributed by atoms with van der Waals surface area (Å²) < 4.78 is 46.8. The van der Waals surface area contributed by atoms with Gasteiger partial charge in [0.05, 0.1) is 16.3 Å². The largest absolute Gasteiger partial charge is 0.228 e. The number of sulfonamides is 1. The number of nitrogens with two attached hydrogens (primary N) is 1. The van der Waals surface area contributed by atoms with Crippen LogP contribution in [-0.4, -0.2) is 27.8 Å². The van der Waals surface area contributed by atoms with Crippen LogP contribution >= 0.6 is 0 Å². The summed E-state index contributed by atoms with van der Waals surface area (Å²) in [5.41, 5.74) is 0.630. The van der Waals surface area contributed by atoms with Crippen LogP contribution < -0.4 is 5.14 Å². The summed E-state index contributed by atoms with van der Waals surface area (Å²) in [4.78, 5) is 0. The van der Waals surface area contributed by atoms with Gasteiger partial charge in [0.2, 0.25) is 10.0 Å². The fourth-order valence-electron chi connectivity index (χ4n) is 2.25. The van der Waals surface area contributed by atoms with Crippen LogP contribution in [0, 0.1) is 0 Å². The lowest BCUT2D eigenvalue weighted by Gasteiger charge is -2.28. The Morgan fingerprint density at radius 1 is 1.17 bits per heavy atom. The van der Waals surface area contributed by atoms with Crippen LogP contribution in [0.2, 0.25) is 0 Å². The van der Waals surface area contributed by atoms with E-state index in [-0.39, 0.29) is 18.6 Å². The Balaban J connectivity index is 2.37. The molecular formula is C11H15NO4S2. The molecule has 1 saturated heterocycles. The van der Waals surface area contributed by atoms with E-state index in [4.69, 9.17) is 5.14 Å². The molecule has 1 aliphatic rings. The van der Waals surface area contributed by atoms with Gasteiger partial charge < -0.3 is 0 Å². The van der Waals surface area contributed by atoms with Crippen molar-refractivity contribution in [1.29, 1.82) is 0 Å². The minimum absolute atomic E-state index is 0.0468. The minimum atomic E-state index is -3.68. The van der Waals surface area contributed by atoms with Crippen LogP contribution in [0.3, 0.4) is 0 Å². The number of hydrogen-bond donors (Lipinski definition) is 1. The molecular weight excluding hydrogens is 274 g/mol. The van der Waals surface area contributed by atoms with Crippen molar-refractivity contribution in [1.82, 2.24) is 0 Å². The van der Waals surface area contributed by atoms with E-state index in [1.165, 1.54) is 0 Å². The standard InChI is InChI=1S/C11H15NO4S2/c12-18(15,16)10-6-7-17(13,14)11(8-10)9-4-2-1-3-5-9/h1-5,10-11H,6-8H2,(H2,12,15,16). The van der Waals surface area contributed by atoms with Crippen molar-refractivity contribution in [2.75, 3.05) is 5.75 Å². The van der Waals surface area contributed by atoms with Crippen molar-refractivity contribution in [2.24, 2.45) is 5.14 Å². The maximum absolute atomic E-state index is 12.0. The quantitative estimate of drug-likeness (QED) is 0.862. The molecule has 100 valence electrons. The van der Waals surface area contributed by atoms with Crippen LogP contribution in [0.1, 0.15) is 23.7 Å². The average Bonchev–Trinajstić information content (AvgIpc) is 2.28. The molecule has 1 aliphatic heterocycles. The van der Waals surface area contributed by atoms with Gasteiger partial charge in [-0.3, -0.25) is 0 Å². The number of sulfone groups is 1. The van der Waals surface area contributed by atoms with Gasteiger partial charge in [-0.1, -0.05) is 30.3 Å². The SMILES string of the molecule is NS(=O)(=O)C1CCS(=O)(=O)C(c2ccccc2)C1. The Labute approximate surface area is 107 Å². The fraction of sp³-hybridized carbons (Fsp3) is 0.455. The zero-order valence-corrected chi connectivity index (χ0v) is 11.3. The molecule has 2 atom stereocenters. The van der Waals surface area contributed by atoms with Gasteiger partial charge in [0, 0.05) is 0 Å². The highest BCUT2D eigenvalue weighted by Gasteiger charge is 2.39. The van der Waals surface area contributed by atoms with Crippen molar-refractivity contribution in [3.05, 3.63) is 35.9 Å². The van der Waals surface area contributed by atoms with Crippen LogP contribution in [0.15, 0.2) is 30.3 Å². The third-order valence-corrected chi connectivity index (χ3v) is 6.76. The zero-order chi connectivity index (χ0) is 13.4. The number of rotatable bonds is 2. The monoisotopic (exact) mass is 289 g/mol. The van der Waals surface area contributed by atoms with Gasteiger partial charge in [-0.25, -0.2) is 22.0 Å². The van der Waals surface area contributed by atoms with Crippen LogP contribution in [-0.2, 0) is 19.9 Å². The minimum Gasteiger partial charge on any atom is -0.228 e. The molecule has 1 aromatic rings. The van der Waals surface area contributed by atoms with E-state index >= 15 is 0 Å². The molecule has 5 nitrogen and oxygen atoms in total. The Morgan fingerprint density at radius 2 is 1.78 bits per heavy atom. The first-order valence-electron chi connectivity index (χ1n) is 5.59. The molecule has 2 N–H and O–H groups in total. The second kappa shape index (κ2) is 4.64. The summed E-state index contributed by atoms with van der Waals surface area (Å²) in [7, 11) is -6.97. The molecule has 1 fully saturated rings. The smallest absolute Gasteiger partial charge is 0.212 e. The number of primary sulfonamides is 1. The summed E-state index contributed by atoms with van der Waals surface area (Å²) in [6, 6.07) is 8.67. The maximum Gasteiger partial charge on any atom is 0.212 e. The number of hydrogen-bond acceptors (Lipinski definition) is 4. The average molecular weight is 289 g/mol. The predicted molar refractivity (Wildman–Crippen MR) is 69.1 cm³/mol. The van der Waals surface area contributed by atoms with Crippen molar-refractivity contribution in [3.8, 4) is 0 Å². The van der Waals surface area contributed by atoms with Gasteiger partial charge in [-0.2, -0.15) is 0 Å². The first-order valence-corrected chi connectivity index (χ1v) is 8.91. The molecule has 2 unspecified atom stereocenters. The Hall–Kier alpha value is -0.920. The lowest BCUT2D eigenvalue weighted by atomic mass is 10.1. The molecule has 1 heterocycles. The van der Waals surface area contributed by atoms with E-state index in [1.54, 1.807) is 30.3 Å². The zero-order valence-electron chi connectivity index (χ0n) is 9.69. The van der Waals surface area contributed by atoms with Crippen molar-refractivity contribution >= 4 is 19.9 Å². The van der Waals surface area contributed by atoms with Crippen LogP contribution in [0.5, 0.6) is 0 Å². The summed E-state index contributed by atoms with van der Waals surface area (Å²) in [5, 5.41) is 3.58. The van der Waals surface area contributed by atoms with Crippen molar-refractivity contribution in [2.45, 2.75) is 23.3 Å². The van der Waals surface area contributed by atoms with Gasteiger partial charge in [0.15, 0.2) is 9.84 Å². The van der Waals surface area contributed by atoms with Crippen LogP contribution in [0.25, 0.3) is 0 Å². The highest BCUT2D eigenvalue weighted by Crippen LogP contribution is 2.35. The van der Waals surface area contributed by atoms with Crippen molar-refractivity contribution in [3.63, 3.8) is 0 Å². The summed E-state index contributed by atoms with van der Waals surface area (Å²) in [5.74, 6) is -0.131. The fourth-order valence-corrected chi connectivity index (χ4v) is 5.42. The third-order valence-electron chi connectivity index (χ3n) is 3.27. The summed E-state index contributed by atoms with van der Waals surface area (Å²) in [6.07, 6.45) is 0.135. The molecule has 0 spiro atoms. The molecule has 18 heavy (non-hydrogen) atoms. The Bertz CT molecular complexity index is 622. The first-order chi connectivity index (χ1) is 8.31. The highest BCUT2D eigenvalue weighted by atomic mass is 32.2. The summed E-state index contributed by atoms with van der Waals surface area (Å²) >= 11 is 0. The molecule has 7 heteroatoms. The molecule has 0 aromatic heterocycles. The predicted octanol–water partition coefficient (Wildman–Crippen LogP) is 0.593. The Morgan fingerprint density at radius 3 is 2.33 bits per heavy atom. The molecule has 2 rings (SSSR count). The topological polar surface area (TPSA) is 94.3 Å². The molecule has 0 saturated carbocycles.